The molecule has 0 aromatic heterocycles. The van der Waals surface area contributed by atoms with Gasteiger partial charge < -0.3 is 5.32 Å². The summed E-state index contributed by atoms with van der Waals surface area (Å²) in [5.74, 6) is 0.940. The number of rotatable bonds is 5. The molecule has 1 atom stereocenters. The molecule has 2 heteroatoms. The predicted molar refractivity (Wildman–Crippen MR) is 89.6 cm³/mol. The first-order valence-corrected chi connectivity index (χ1v) is 8.74. The third kappa shape index (κ3) is 3.67. The van der Waals surface area contributed by atoms with Crippen molar-refractivity contribution in [3.63, 3.8) is 0 Å². The molecule has 116 valence electrons. The topological polar surface area (TPSA) is 15.3 Å². The van der Waals surface area contributed by atoms with Crippen LogP contribution in [-0.4, -0.2) is 30.6 Å². The zero-order chi connectivity index (χ0) is 14.7. The lowest BCUT2D eigenvalue weighted by Crippen LogP contribution is -2.39. The molecule has 0 amide bonds. The highest BCUT2D eigenvalue weighted by Crippen LogP contribution is 2.28. The van der Waals surface area contributed by atoms with Gasteiger partial charge in [0.05, 0.1) is 0 Å². The summed E-state index contributed by atoms with van der Waals surface area (Å²) in [5.41, 5.74) is 4.44. The molecule has 0 spiro atoms. The van der Waals surface area contributed by atoms with Gasteiger partial charge in [-0.2, -0.15) is 0 Å². The van der Waals surface area contributed by atoms with Gasteiger partial charge in [-0.15, -0.1) is 0 Å². The lowest BCUT2D eigenvalue weighted by Gasteiger charge is -2.31. The summed E-state index contributed by atoms with van der Waals surface area (Å²) in [4.78, 5) is 2.78. The van der Waals surface area contributed by atoms with Gasteiger partial charge in [0.1, 0.15) is 0 Å². The average molecular weight is 286 g/mol. The Bertz CT molecular complexity index is 457. The van der Waals surface area contributed by atoms with Crippen molar-refractivity contribution in [2.24, 2.45) is 5.92 Å². The largest absolute Gasteiger partial charge is 0.315 e. The van der Waals surface area contributed by atoms with Gasteiger partial charge in [-0.3, -0.25) is 4.90 Å². The first kappa shape index (κ1) is 15.1. The second kappa shape index (κ2) is 6.93. The van der Waals surface area contributed by atoms with Crippen molar-refractivity contribution >= 4 is 0 Å². The molecule has 1 aliphatic heterocycles. The van der Waals surface area contributed by atoms with Gasteiger partial charge in [-0.05, 0) is 62.3 Å². The summed E-state index contributed by atoms with van der Waals surface area (Å²) in [5, 5.41) is 3.55. The summed E-state index contributed by atoms with van der Waals surface area (Å²) < 4.78 is 0. The summed E-state index contributed by atoms with van der Waals surface area (Å²) in [6.07, 6.45) is 7.11. The number of hydrogen-bond acceptors (Lipinski definition) is 2. The first-order chi connectivity index (χ1) is 10.2. The summed E-state index contributed by atoms with van der Waals surface area (Å²) in [6.45, 7) is 9.33. The fourth-order valence-corrected chi connectivity index (χ4v) is 4.02. The molecule has 0 bridgehead atoms. The lowest BCUT2D eigenvalue weighted by molar-refractivity contribution is 0.168. The van der Waals surface area contributed by atoms with Crippen molar-refractivity contribution in [2.75, 3.05) is 19.6 Å². The van der Waals surface area contributed by atoms with Gasteiger partial charge in [0.15, 0.2) is 0 Å². The molecule has 1 saturated carbocycles. The SMILES string of the molecule is Cc1cccc(CN(CC2CCCC2)[C@H]2CCNC2)c1C. The molecule has 2 aliphatic rings. The summed E-state index contributed by atoms with van der Waals surface area (Å²) in [6, 6.07) is 7.52. The highest BCUT2D eigenvalue weighted by atomic mass is 15.2. The third-order valence-corrected chi connectivity index (χ3v) is 5.61. The van der Waals surface area contributed by atoms with E-state index in [1.165, 1.54) is 68.4 Å². The molecule has 1 heterocycles. The van der Waals surface area contributed by atoms with E-state index in [1.54, 1.807) is 0 Å². The fourth-order valence-electron chi connectivity index (χ4n) is 4.02. The molecule has 21 heavy (non-hydrogen) atoms. The van der Waals surface area contributed by atoms with Crippen LogP contribution in [0.1, 0.15) is 48.8 Å². The Hall–Kier alpha value is -0.860. The van der Waals surface area contributed by atoms with Gasteiger partial charge >= 0.3 is 0 Å². The van der Waals surface area contributed by atoms with Gasteiger partial charge in [0.25, 0.3) is 0 Å². The van der Waals surface area contributed by atoms with Gasteiger partial charge in [0.2, 0.25) is 0 Å². The van der Waals surface area contributed by atoms with Crippen LogP contribution in [0.15, 0.2) is 18.2 Å². The van der Waals surface area contributed by atoms with Crippen molar-refractivity contribution in [3.05, 3.63) is 34.9 Å². The minimum absolute atomic E-state index is 0.741. The number of aryl methyl sites for hydroxylation is 1. The van der Waals surface area contributed by atoms with Crippen LogP contribution in [0.25, 0.3) is 0 Å². The second-order valence-electron chi connectivity index (χ2n) is 7.09. The highest BCUT2D eigenvalue weighted by Gasteiger charge is 2.26. The minimum Gasteiger partial charge on any atom is -0.315 e. The van der Waals surface area contributed by atoms with E-state index in [0.29, 0.717) is 0 Å². The monoisotopic (exact) mass is 286 g/mol. The Kier molecular flexibility index (Phi) is 4.97. The zero-order valence-electron chi connectivity index (χ0n) is 13.7. The maximum Gasteiger partial charge on any atom is 0.0240 e. The zero-order valence-corrected chi connectivity index (χ0v) is 13.7. The second-order valence-corrected chi connectivity index (χ2v) is 7.09. The van der Waals surface area contributed by atoms with Crippen LogP contribution in [0.5, 0.6) is 0 Å². The standard InChI is InChI=1S/C19H30N2/c1-15-6-5-9-18(16(15)2)14-21(19-10-11-20-12-19)13-17-7-3-4-8-17/h5-6,9,17,19-20H,3-4,7-8,10-14H2,1-2H3/t19-/m0/s1. The number of benzene rings is 1. The van der Waals surface area contributed by atoms with Crippen molar-refractivity contribution in [1.29, 1.82) is 0 Å². The van der Waals surface area contributed by atoms with Crippen molar-refractivity contribution in [3.8, 4) is 0 Å². The Balaban J connectivity index is 1.72. The Labute approximate surface area is 129 Å². The molecule has 1 saturated heterocycles. The van der Waals surface area contributed by atoms with E-state index >= 15 is 0 Å². The van der Waals surface area contributed by atoms with Crippen LogP contribution in [0.3, 0.4) is 0 Å². The van der Waals surface area contributed by atoms with Crippen molar-refractivity contribution < 1.29 is 0 Å². The average Bonchev–Trinajstić information content (AvgIpc) is 3.16. The fraction of sp³-hybridized carbons (Fsp3) is 0.684. The van der Waals surface area contributed by atoms with Crippen LogP contribution in [-0.2, 0) is 6.54 Å². The van der Waals surface area contributed by atoms with Gasteiger partial charge in [-0.25, -0.2) is 0 Å². The molecule has 2 fully saturated rings. The molecule has 0 unspecified atom stereocenters. The smallest absolute Gasteiger partial charge is 0.0240 e. The van der Waals surface area contributed by atoms with Crippen LogP contribution in [0.2, 0.25) is 0 Å². The van der Waals surface area contributed by atoms with Crippen molar-refractivity contribution in [2.45, 2.75) is 58.5 Å². The first-order valence-electron chi connectivity index (χ1n) is 8.74. The Morgan fingerprint density at radius 3 is 2.67 bits per heavy atom. The van der Waals surface area contributed by atoms with E-state index in [1.807, 2.05) is 0 Å². The summed E-state index contributed by atoms with van der Waals surface area (Å²) >= 11 is 0. The number of nitrogens with one attached hydrogen (secondary N) is 1. The molecular weight excluding hydrogens is 256 g/mol. The molecule has 1 aliphatic carbocycles. The Morgan fingerprint density at radius 2 is 1.95 bits per heavy atom. The van der Waals surface area contributed by atoms with Crippen LogP contribution >= 0.6 is 0 Å². The van der Waals surface area contributed by atoms with Gasteiger partial charge in [0, 0.05) is 25.7 Å². The van der Waals surface area contributed by atoms with Crippen LogP contribution < -0.4 is 5.32 Å². The molecular formula is C19H30N2. The molecule has 3 rings (SSSR count). The number of nitrogens with zero attached hydrogens (tertiary/aromatic N) is 1. The Morgan fingerprint density at radius 1 is 1.14 bits per heavy atom. The number of hydrogen-bond donors (Lipinski definition) is 1. The van der Waals surface area contributed by atoms with E-state index in [2.05, 4.69) is 42.3 Å². The quantitative estimate of drug-likeness (QED) is 0.888. The van der Waals surface area contributed by atoms with E-state index in [-0.39, 0.29) is 0 Å². The minimum atomic E-state index is 0.741. The van der Waals surface area contributed by atoms with Crippen LogP contribution in [0.4, 0.5) is 0 Å². The van der Waals surface area contributed by atoms with E-state index in [4.69, 9.17) is 0 Å². The lowest BCUT2D eigenvalue weighted by atomic mass is 10.0. The van der Waals surface area contributed by atoms with E-state index < -0.39 is 0 Å². The molecule has 1 aromatic carbocycles. The third-order valence-electron chi connectivity index (χ3n) is 5.61. The van der Waals surface area contributed by atoms with Crippen molar-refractivity contribution in [1.82, 2.24) is 10.2 Å². The van der Waals surface area contributed by atoms with Crippen LogP contribution in [0, 0.1) is 19.8 Å². The normalized spacial score (nSPS) is 23.3. The molecule has 2 nitrogen and oxygen atoms in total. The van der Waals surface area contributed by atoms with Gasteiger partial charge in [-0.1, -0.05) is 31.0 Å². The molecule has 0 radical (unpaired) electrons. The highest BCUT2D eigenvalue weighted by molar-refractivity contribution is 5.33. The van der Waals surface area contributed by atoms with E-state index in [9.17, 15) is 0 Å². The predicted octanol–water partition coefficient (Wildman–Crippen LogP) is 3.66. The maximum atomic E-state index is 3.55. The summed E-state index contributed by atoms with van der Waals surface area (Å²) in [7, 11) is 0. The molecule has 1 aromatic rings. The van der Waals surface area contributed by atoms with E-state index in [0.717, 1.165) is 18.5 Å². The molecule has 1 N–H and O–H groups in total. The maximum absolute atomic E-state index is 3.55.